The third kappa shape index (κ3) is 2.80. The molecule has 2 N–H and O–H groups in total. The van der Waals surface area contributed by atoms with Crippen LogP contribution in [0, 0.1) is 13.8 Å². The molecule has 2 heterocycles. The van der Waals surface area contributed by atoms with Crippen molar-refractivity contribution in [1.29, 1.82) is 0 Å². The molecule has 0 fully saturated rings. The number of hydrogen-bond donors (Lipinski definition) is 1. The number of nitrogen functional groups attached to an aromatic ring is 1. The zero-order valence-electron chi connectivity index (χ0n) is 10.9. The minimum absolute atomic E-state index is 0.274. The van der Waals surface area contributed by atoms with Gasteiger partial charge in [-0.1, -0.05) is 6.92 Å². The molecule has 5 heteroatoms. The van der Waals surface area contributed by atoms with Gasteiger partial charge in [0.2, 0.25) is 5.95 Å². The topological polar surface area (TPSA) is 77.6 Å². The molecule has 0 spiro atoms. The Morgan fingerprint density at radius 2 is 1.67 bits per heavy atom. The number of pyridine rings is 1. The average molecular weight is 243 g/mol. The van der Waals surface area contributed by atoms with Crippen LogP contribution in [-0.4, -0.2) is 19.9 Å². The highest BCUT2D eigenvalue weighted by atomic mass is 15.1. The quantitative estimate of drug-likeness (QED) is 0.893. The molecule has 2 aromatic heterocycles. The molecule has 0 bridgehead atoms. The maximum Gasteiger partial charge on any atom is 0.223 e. The van der Waals surface area contributed by atoms with Gasteiger partial charge in [0.25, 0.3) is 0 Å². The van der Waals surface area contributed by atoms with Crippen LogP contribution in [0.1, 0.15) is 30.6 Å². The van der Waals surface area contributed by atoms with E-state index < -0.39 is 0 Å². The highest BCUT2D eigenvalue weighted by molar-refractivity contribution is 5.56. The second-order valence-electron chi connectivity index (χ2n) is 4.32. The van der Waals surface area contributed by atoms with Gasteiger partial charge in [0.1, 0.15) is 5.82 Å². The van der Waals surface area contributed by atoms with E-state index in [1.54, 1.807) is 0 Å². The summed E-state index contributed by atoms with van der Waals surface area (Å²) in [5.74, 6) is 1.64. The molecule has 18 heavy (non-hydrogen) atoms. The highest BCUT2D eigenvalue weighted by Gasteiger charge is 2.07. The molecule has 0 aliphatic rings. The Morgan fingerprint density at radius 1 is 1.00 bits per heavy atom. The molecule has 0 atom stereocenters. The van der Waals surface area contributed by atoms with E-state index in [9.17, 15) is 0 Å². The summed E-state index contributed by atoms with van der Waals surface area (Å²) in [6.45, 7) is 5.99. The largest absolute Gasteiger partial charge is 0.368 e. The summed E-state index contributed by atoms with van der Waals surface area (Å²) in [6, 6.07) is 3.91. The van der Waals surface area contributed by atoms with Crippen molar-refractivity contribution in [1.82, 2.24) is 19.9 Å². The van der Waals surface area contributed by atoms with E-state index in [0.29, 0.717) is 5.82 Å². The zero-order chi connectivity index (χ0) is 13.1. The van der Waals surface area contributed by atoms with Crippen LogP contribution < -0.4 is 5.73 Å². The molecule has 0 saturated carbocycles. The van der Waals surface area contributed by atoms with Crippen molar-refractivity contribution in [3.8, 4) is 11.4 Å². The predicted octanol–water partition coefficient (Wildman–Crippen LogP) is 2.09. The smallest absolute Gasteiger partial charge is 0.223 e. The van der Waals surface area contributed by atoms with E-state index in [4.69, 9.17) is 5.73 Å². The summed E-state index contributed by atoms with van der Waals surface area (Å²) in [5, 5.41) is 0. The molecule has 5 nitrogen and oxygen atoms in total. The first-order chi connectivity index (χ1) is 8.58. The maximum atomic E-state index is 5.73. The van der Waals surface area contributed by atoms with Crippen molar-refractivity contribution in [2.45, 2.75) is 33.6 Å². The monoisotopic (exact) mass is 243 g/mol. The third-order valence-corrected chi connectivity index (χ3v) is 2.51. The fraction of sp³-hybridized carbons (Fsp3) is 0.385. The zero-order valence-corrected chi connectivity index (χ0v) is 10.9. The predicted molar refractivity (Wildman–Crippen MR) is 70.9 cm³/mol. The number of aryl methyl sites for hydroxylation is 3. The molecule has 2 aromatic rings. The lowest BCUT2D eigenvalue weighted by Crippen LogP contribution is -2.05. The summed E-state index contributed by atoms with van der Waals surface area (Å²) >= 11 is 0. The summed E-state index contributed by atoms with van der Waals surface area (Å²) in [5.41, 5.74) is 8.55. The molecule has 0 aliphatic carbocycles. The fourth-order valence-electron chi connectivity index (χ4n) is 1.87. The number of nitrogens with two attached hydrogens (primary N) is 1. The van der Waals surface area contributed by atoms with Crippen LogP contribution in [0.4, 0.5) is 5.95 Å². The lowest BCUT2D eigenvalue weighted by atomic mass is 10.2. The lowest BCUT2D eigenvalue weighted by molar-refractivity contribution is 0.824. The number of anilines is 1. The summed E-state index contributed by atoms with van der Waals surface area (Å²) in [7, 11) is 0. The van der Waals surface area contributed by atoms with Gasteiger partial charge in [0, 0.05) is 23.4 Å². The van der Waals surface area contributed by atoms with Crippen LogP contribution in [0.3, 0.4) is 0 Å². The van der Waals surface area contributed by atoms with E-state index >= 15 is 0 Å². The molecule has 0 aliphatic heterocycles. The van der Waals surface area contributed by atoms with Crippen molar-refractivity contribution < 1.29 is 0 Å². The van der Waals surface area contributed by atoms with Crippen LogP contribution in [0.15, 0.2) is 12.1 Å². The number of rotatable bonds is 3. The summed E-state index contributed by atoms with van der Waals surface area (Å²) in [6.07, 6.45) is 1.79. The number of nitrogens with zero attached hydrogens (tertiary/aromatic N) is 4. The Bertz CT molecular complexity index is 545. The van der Waals surface area contributed by atoms with E-state index in [1.807, 2.05) is 26.0 Å². The van der Waals surface area contributed by atoms with E-state index in [-0.39, 0.29) is 5.95 Å². The fourth-order valence-corrected chi connectivity index (χ4v) is 1.87. The van der Waals surface area contributed by atoms with Gasteiger partial charge in [-0.3, -0.25) is 4.98 Å². The van der Waals surface area contributed by atoms with Crippen molar-refractivity contribution in [3.63, 3.8) is 0 Å². The van der Waals surface area contributed by atoms with Crippen LogP contribution in [0.5, 0.6) is 0 Å². The Hall–Kier alpha value is -2.04. The Kier molecular flexibility index (Phi) is 3.50. The molecule has 0 aromatic carbocycles. The second kappa shape index (κ2) is 5.08. The van der Waals surface area contributed by atoms with Crippen LogP contribution >= 0.6 is 0 Å². The Morgan fingerprint density at radius 3 is 2.28 bits per heavy atom. The summed E-state index contributed by atoms with van der Waals surface area (Å²) < 4.78 is 0. The van der Waals surface area contributed by atoms with Gasteiger partial charge in [-0.05, 0) is 32.4 Å². The van der Waals surface area contributed by atoms with E-state index in [1.165, 1.54) is 0 Å². The van der Waals surface area contributed by atoms with Crippen molar-refractivity contribution >= 4 is 5.95 Å². The molecular weight excluding hydrogens is 226 g/mol. The Balaban J connectivity index is 2.49. The molecular formula is C13H17N5. The molecule has 94 valence electrons. The molecule has 0 amide bonds. The molecule has 0 radical (unpaired) electrons. The summed E-state index contributed by atoms with van der Waals surface area (Å²) in [4.78, 5) is 17.1. The second-order valence-corrected chi connectivity index (χ2v) is 4.32. The van der Waals surface area contributed by atoms with Gasteiger partial charge in [0.15, 0.2) is 5.82 Å². The first-order valence-corrected chi connectivity index (χ1v) is 6.04. The van der Waals surface area contributed by atoms with Crippen molar-refractivity contribution in [2.75, 3.05) is 5.73 Å². The normalized spacial score (nSPS) is 10.6. The van der Waals surface area contributed by atoms with Gasteiger partial charge < -0.3 is 5.73 Å². The van der Waals surface area contributed by atoms with Gasteiger partial charge in [-0.2, -0.15) is 9.97 Å². The number of aromatic nitrogens is 4. The average Bonchev–Trinajstić information content (AvgIpc) is 2.27. The lowest BCUT2D eigenvalue weighted by Gasteiger charge is -2.06. The van der Waals surface area contributed by atoms with Crippen LogP contribution in [0.2, 0.25) is 0 Å². The van der Waals surface area contributed by atoms with Crippen LogP contribution in [-0.2, 0) is 6.42 Å². The molecule has 0 unspecified atom stereocenters. The Labute approximate surface area is 107 Å². The third-order valence-electron chi connectivity index (χ3n) is 2.51. The van der Waals surface area contributed by atoms with E-state index in [0.717, 1.165) is 35.6 Å². The van der Waals surface area contributed by atoms with Gasteiger partial charge in [-0.15, -0.1) is 0 Å². The minimum atomic E-state index is 0.274. The first-order valence-electron chi connectivity index (χ1n) is 6.04. The SMILES string of the molecule is CCCc1nc(N)nc(-c2cc(C)nc(C)c2)n1. The van der Waals surface area contributed by atoms with Crippen molar-refractivity contribution in [2.24, 2.45) is 0 Å². The van der Waals surface area contributed by atoms with Gasteiger partial charge >= 0.3 is 0 Å². The molecule has 2 rings (SSSR count). The van der Waals surface area contributed by atoms with E-state index in [2.05, 4.69) is 26.9 Å². The highest BCUT2D eigenvalue weighted by Crippen LogP contribution is 2.17. The maximum absolute atomic E-state index is 5.73. The van der Waals surface area contributed by atoms with Crippen LogP contribution in [0.25, 0.3) is 11.4 Å². The first kappa shape index (κ1) is 12.4. The van der Waals surface area contributed by atoms with Gasteiger partial charge in [0.05, 0.1) is 0 Å². The number of hydrogen-bond acceptors (Lipinski definition) is 5. The van der Waals surface area contributed by atoms with Gasteiger partial charge in [-0.25, -0.2) is 4.98 Å². The molecule has 0 saturated heterocycles. The van der Waals surface area contributed by atoms with Crippen molar-refractivity contribution in [3.05, 3.63) is 29.3 Å². The minimum Gasteiger partial charge on any atom is -0.368 e. The standard InChI is InChI=1S/C13H17N5/c1-4-5-11-16-12(18-13(14)17-11)10-6-8(2)15-9(3)7-10/h6-7H,4-5H2,1-3H3,(H2,14,16,17,18).